The fourth-order valence-corrected chi connectivity index (χ4v) is 1.39. The van der Waals surface area contributed by atoms with Crippen molar-refractivity contribution in [2.75, 3.05) is 0 Å². The third-order valence-electron chi connectivity index (χ3n) is 2.24. The van der Waals surface area contributed by atoms with Crippen LogP contribution in [0.1, 0.15) is 0 Å². The first kappa shape index (κ1) is 8.76. The summed E-state index contributed by atoms with van der Waals surface area (Å²) in [5.41, 5.74) is 0. The molecule has 0 fully saturated rings. The molecule has 0 aliphatic heterocycles. The lowest BCUT2D eigenvalue weighted by atomic mass is 10.2. The Morgan fingerprint density at radius 2 is 0.786 bits per heavy atom. The van der Waals surface area contributed by atoms with E-state index in [-0.39, 0.29) is 0 Å². The van der Waals surface area contributed by atoms with Gasteiger partial charge in [-0.25, -0.2) is 0 Å². The van der Waals surface area contributed by atoms with Crippen molar-refractivity contribution in [2.24, 2.45) is 0 Å². The summed E-state index contributed by atoms with van der Waals surface area (Å²) < 4.78 is 0. The van der Waals surface area contributed by atoms with Gasteiger partial charge < -0.3 is 0 Å². The van der Waals surface area contributed by atoms with Crippen LogP contribution in [-0.4, -0.2) is 0 Å². The summed E-state index contributed by atoms with van der Waals surface area (Å²) in [6.07, 6.45) is 0. The third kappa shape index (κ3) is 1.74. The zero-order valence-corrected chi connectivity index (χ0v) is 8.03. The Bertz CT molecular complexity index is 520. The van der Waals surface area contributed by atoms with Crippen molar-refractivity contribution >= 4 is 13.2 Å². The average Bonchev–Trinajstić information content (AvgIpc) is 2.21. The minimum atomic E-state index is 1.04. The lowest BCUT2D eigenvalue weighted by molar-refractivity contribution is 1.46. The number of hydrogen-bond donors (Lipinski definition) is 0. The normalized spacial score (nSPS) is 10.0. The van der Waals surface area contributed by atoms with Crippen LogP contribution < -0.4 is 10.4 Å². The molecule has 0 aliphatic carbocycles. The molecule has 0 atom stereocenters. The Morgan fingerprint density at radius 1 is 0.500 bits per heavy atom. The van der Waals surface area contributed by atoms with E-state index in [4.69, 9.17) is 0 Å². The lowest BCUT2D eigenvalue weighted by Crippen LogP contribution is -1.94. The summed E-state index contributed by atoms with van der Waals surface area (Å²) in [7, 11) is 0. The molecule has 0 aliphatic rings. The van der Waals surface area contributed by atoms with E-state index in [1.807, 2.05) is 24.3 Å². The topological polar surface area (TPSA) is 0 Å². The van der Waals surface area contributed by atoms with Crippen LogP contribution >= 0.6 is 0 Å². The summed E-state index contributed by atoms with van der Waals surface area (Å²) in [6.45, 7) is 7.72. The first-order valence-corrected chi connectivity index (χ1v) is 4.60. The highest BCUT2D eigenvalue weighted by atomic mass is 13.9. The molecule has 68 valence electrons. The molecule has 0 heterocycles. The van der Waals surface area contributed by atoms with Crippen LogP contribution in [0.25, 0.3) is 13.2 Å². The molecule has 0 N–H and O–H groups in total. The van der Waals surface area contributed by atoms with Crippen molar-refractivity contribution in [2.45, 2.75) is 0 Å². The van der Waals surface area contributed by atoms with Crippen LogP contribution in [0.5, 0.6) is 0 Å². The standard InChI is InChI=1S/C14H12/c1-11-3-7-13(8-4-11)14-9-5-12(2)6-10-14/h3-10H,1-2H2. The highest BCUT2D eigenvalue weighted by Gasteiger charge is 1.81. The van der Waals surface area contributed by atoms with Gasteiger partial charge >= 0.3 is 0 Å². The first-order chi connectivity index (χ1) is 6.75. The van der Waals surface area contributed by atoms with Crippen LogP contribution in [0, 0.1) is 10.4 Å². The van der Waals surface area contributed by atoms with E-state index in [1.165, 1.54) is 10.4 Å². The van der Waals surface area contributed by atoms with Crippen LogP contribution in [0.3, 0.4) is 0 Å². The molecule has 0 spiro atoms. The van der Waals surface area contributed by atoms with Gasteiger partial charge in [-0.05, 0) is 20.9 Å². The van der Waals surface area contributed by atoms with E-state index >= 15 is 0 Å². The zero-order chi connectivity index (χ0) is 9.97. The van der Waals surface area contributed by atoms with Gasteiger partial charge in [-0.15, -0.1) is 0 Å². The Labute approximate surface area is 83.1 Å². The van der Waals surface area contributed by atoms with Crippen molar-refractivity contribution in [1.82, 2.24) is 0 Å². The minimum absolute atomic E-state index is 1.04. The molecule has 0 amide bonds. The third-order valence-corrected chi connectivity index (χ3v) is 2.24. The van der Waals surface area contributed by atoms with Gasteiger partial charge in [-0.3, -0.25) is 0 Å². The SMILES string of the molecule is C=c1ccc(=c2ccc(=C)cc2)cc1. The number of benzene rings is 2. The summed E-state index contributed by atoms with van der Waals surface area (Å²) in [6, 6.07) is 16.4. The van der Waals surface area contributed by atoms with Gasteiger partial charge in [0, 0.05) is 0 Å². The van der Waals surface area contributed by atoms with Gasteiger partial charge in [-0.2, -0.15) is 0 Å². The number of rotatable bonds is 0. The van der Waals surface area contributed by atoms with Crippen molar-refractivity contribution in [1.29, 1.82) is 0 Å². The van der Waals surface area contributed by atoms with E-state index < -0.39 is 0 Å². The Hall–Kier alpha value is -1.82. The van der Waals surface area contributed by atoms with Crippen molar-refractivity contribution < 1.29 is 0 Å². The van der Waals surface area contributed by atoms with Crippen molar-refractivity contribution in [3.8, 4) is 0 Å². The van der Waals surface area contributed by atoms with Crippen LogP contribution in [0.15, 0.2) is 48.5 Å². The quantitative estimate of drug-likeness (QED) is 0.580. The summed E-state index contributed by atoms with van der Waals surface area (Å²) in [5.74, 6) is 0. The fraction of sp³-hybridized carbons (Fsp3) is 0. The lowest BCUT2D eigenvalue weighted by Gasteiger charge is -1.88. The average molecular weight is 180 g/mol. The van der Waals surface area contributed by atoms with Gasteiger partial charge in [0.15, 0.2) is 0 Å². The largest absolute Gasteiger partial charge is 0.0918 e. The predicted molar refractivity (Wildman–Crippen MR) is 60.9 cm³/mol. The van der Waals surface area contributed by atoms with Gasteiger partial charge in [-0.1, -0.05) is 61.7 Å². The molecule has 2 rings (SSSR count). The van der Waals surface area contributed by atoms with E-state index in [1.54, 1.807) is 0 Å². The highest BCUT2D eigenvalue weighted by Crippen LogP contribution is 1.91. The Morgan fingerprint density at radius 3 is 1.07 bits per heavy atom. The molecule has 0 radical (unpaired) electrons. The Kier molecular flexibility index (Phi) is 2.19. The van der Waals surface area contributed by atoms with E-state index in [0.717, 1.165) is 10.4 Å². The van der Waals surface area contributed by atoms with Crippen molar-refractivity contribution in [3.05, 3.63) is 69.4 Å². The van der Waals surface area contributed by atoms with Crippen LogP contribution in [0.4, 0.5) is 0 Å². The molecular formula is C14H12. The molecule has 0 bridgehead atoms. The first-order valence-electron chi connectivity index (χ1n) is 4.60. The van der Waals surface area contributed by atoms with E-state index in [0.29, 0.717) is 0 Å². The van der Waals surface area contributed by atoms with Gasteiger partial charge in [0.25, 0.3) is 0 Å². The minimum Gasteiger partial charge on any atom is -0.0918 e. The second kappa shape index (κ2) is 3.51. The molecule has 0 saturated carbocycles. The molecule has 0 nitrogen and oxygen atoms in total. The maximum atomic E-state index is 3.86. The fourth-order valence-electron chi connectivity index (χ4n) is 1.39. The van der Waals surface area contributed by atoms with Crippen LogP contribution in [0.2, 0.25) is 0 Å². The molecular weight excluding hydrogens is 168 g/mol. The summed E-state index contributed by atoms with van der Waals surface area (Å²) >= 11 is 0. The second-order valence-electron chi connectivity index (χ2n) is 3.39. The molecule has 14 heavy (non-hydrogen) atoms. The summed E-state index contributed by atoms with van der Waals surface area (Å²) in [4.78, 5) is 0. The highest BCUT2D eigenvalue weighted by molar-refractivity contribution is 5.18. The smallest absolute Gasteiger partial charge is 0.0184 e. The second-order valence-corrected chi connectivity index (χ2v) is 3.39. The van der Waals surface area contributed by atoms with Gasteiger partial charge in [0.2, 0.25) is 0 Å². The summed E-state index contributed by atoms with van der Waals surface area (Å²) in [5, 5.41) is 4.53. The predicted octanol–water partition coefficient (Wildman–Crippen LogP) is 1.79. The van der Waals surface area contributed by atoms with E-state index in [2.05, 4.69) is 37.4 Å². The maximum absolute atomic E-state index is 3.86. The number of hydrogen-bond acceptors (Lipinski definition) is 0. The molecule has 2 aromatic rings. The molecule has 0 aromatic heterocycles. The monoisotopic (exact) mass is 180 g/mol. The van der Waals surface area contributed by atoms with Gasteiger partial charge in [0.1, 0.15) is 0 Å². The zero-order valence-electron chi connectivity index (χ0n) is 8.03. The van der Waals surface area contributed by atoms with Crippen LogP contribution in [-0.2, 0) is 0 Å². The molecule has 2 aromatic carbocycles. The molecule has 0 saturated heterocycles. The Balaban J connectivity index is 2.83. The maximum Gasteiger partial charge on any atom is -0.0184 e. The molecule has 0 heteroatoms. The van der Waals surface area contributed by atoms with Gasteiger partial charge in [0.05, 0.1) is 0 Å². The van der Waals surface area contributed by atoms with E-state index in [9.17, 15) is 0 Å². The van der Waals surface area contributed by atoms with Crippen molar-refractivity contribution in [3.63, 3.8) is 0 Å². The molecule has 0 unspecified atom stereocenters.